The molecule has 1 saturated carbocycles. The Morgan fingerprint density at radius 1 is 1.07 bits per heavy atom. The van der Waals surface area contributed by atoms with Gasteiger partial charge < -0.3 is 4.74 Å². The van der Waals surface area contributed by atoms with Gasteiger partial charge in [-0.1, -0.05) is 29.8 Å². The number of carbonyl (C=O) groups is 4. The van der Waals surface area contributed by atoms with Crippen LogP contribution in [0.4, 0.5) is 0 Å². The SMILES string of the molecule is Cc1ccc(C)c(C(=O)COC(=O)CN2C(=O)[C@@H]3[C@@H](C2=O)[C@@H]2C=C[C@@H]3C2)c1. The second-order valence-electron chi connectivity index (χ2n) is 7.66. The molecule has 0 unspecified atom stereocenters. The zero-order valence-corrected chi connectivity index (χ0v) is 15.3. The second kappa shape index (κ2) is 6.44. The van der Waals surface area contributed by atoms with E-state index in [1.165, 1.54) is 0 Å². The van der Waals surface area contributed by atoms with Crippen molar-refractivity contribution in [3.8, 4) is 0 Å². The third kappa shape index (κ3) is 2.89. The van der Waals surface area contributed by atoms with Crippen molar-refractivity contribution in [1.82, 2.24) is 4.90 Å². The first-order valence-corrected chi connectivity index (χ1v) is 9.16. The standard InChI is InChI=1S/C21H21NO5/c1-11-3-4-12(2)15(7-11)16(23)10-27-17(24)9-22-20(25)18-13-5-6-14(8-13)19(18)21(22)26/h3-7,13-14,18-19H,8-10H2,1-2H3/t13-,14-,18+,19+/m1/s1. The molecule has 1 aromatic rings. The Labute approximate surface area is 157 Å². The Morgan fingerprint density at radius 2 is 1.70 bits per heavy atom. The highest BCUT2D eigenvalue weighted by Crippen LogP contribution is 2.52. The number of ketones is 1. The molecule has 0 spiro atoms. The molecular weight excluding hydrogens is 346 g/mol. The van der Waals surface area contributed by atoms with E-state index in [2.05, 4.69) is 0 Å². The predicted molar refractivity (Wildman–Crippen MR) is 95.6 cm³/mol. The summed E-state index contributed by atoms with van der Waals surface area (Å²) in [6.07, 6.45) is 4.85. The number of benzene rings is 1. The van der Waals surface area contributed by atoms with Gasteiger partial charge in [0.25, 0.3) is 0 Å². The van der Waals surface area contributed by atoms with Crippen LogP contribution in [0, 0.1) is 37.5 Å². The summed E-state index contributed by atoms with van der Waals surface area (Å²) < 4.78 is 5.05. The molecule has 4 rings (SSSR count). The average molecular weight is 367 g/mol. The maximum Gasteiger partial charge on any atom is 0.326 e. The minimum atomic E-state index is -0.740. The summed E-state index contributed by atoms with van der Waals surface area (Å²) in [5, 5.41) is 0. The van der Waals surface area contributed by atoms with Gasteiger partial charge in [-0.25, -0.2) is 0 Å². The third-order valence-electron chi connectivity index (χ3n) is 5.91. The molecule has 0 N–H and O–H groups in total. The van der Waals surface area contributed by atoms with E-state index in [-0.39, 0.29) is 41.3 Å². The maximum absolute atomic E-state index is 12.6. The molecule has 2 amide bonds. The number of imide groups is 1. The number of carbonyl (C=O) groups excluding carboxylic acids is 4. The predicted octanol–water partition coefficient (Wildman–Crippen LogP) is 1.84. The molecule has 0 radical (unpaired) electrons. The number of esters is 1. The Bertz CT molecular complexity index is 857. The van der Waals surface area contributed by atoms with Crippen molar-refractivity contribution in [2.45, 2.75) is 20.3 Å². The Hall–Kier alpha value is -2.76. The number of fused-ring (bicyclic) bond motifs is 5. The van der Waals surface area contributed by atoms with Crippen molar-refractivity contribution >= 4 is 23.6 Å². The number of likely N-dealkylation sites (tertiary alicyclic amines) is 1. The maximum atomic E-state index is 12.6. The number of rotatable bonds is 5. The van der Waals surface area contributed by atoms with Gasteiger partial charge in [0.2, 0.25) is 17.6 Å². The summed E-state index contributed by atoms with van der Waals surface area (Å²) >= 11 is 0. The Balaban J connectivity index is 1.36. The van der Waals surface area contributed by atoms with Gasteiger partial charge in [0.05, 0.1) is 11.8 Å². The van der Waals surface area contributed by atoms with Crippen LogP contribution in [0.1, 0.15) is 27.9 Å². The van der Waals surface area contributed by atoms with Crippen LogP contribution in [0.15, 0.2) is 30.4 Å². The summed E-state index contributed by atoms with van der Waals surface area (Å²) in [4.78, 5) is 50.6. The smallest absolute Gasteiger partial charge is 0.326 e. The van der Waals surface area contributed by atoms with Gasteiger partial charge in [-0.2, -0.15) is 0 Å². The van der Waals surface area contributed by atoms with Gasteiger partial charge in [-0.05, 0) is 43.7 Å². The molecule has 3 aliphatic rings. The van der Waals surface area contributed by atoms with Gasteiger partial charge in [0.1, 0.15) is 6.54 Å². The summed E-state index contributed by atoms with van der Waals surface area (Å²) in [6, 6.07) is 5.50. The zero-order chi connectivity index (χ0) is 19.3. The number of nitrogens with zero attached hydrogens (tertiary/aromatic N) is 1. The molecule has 4 atom stereocenters. The van der Waals surface area contributed by atoms with Gasteiger partial charge in [-0.15, -0.1) is 0 Å². The van der Waals surface area contributed by atoms with Crippen LogP contribution in [0.25, 0.3) is 0 Å². The van der Waals surface area contributed by atoms with Crippen molar-refractivity contribution in [3.05, 3.63) is 47.0 Å². The quantitative estimate of drug-likeness (QED) is 0.343. The summed E-state index contributed by atoms with van der Waals surface area (Å²) in [5.74, 6) is -2.10. The fourth-order valence-electron chi connectivity index (χ4n) is 4.55. The third-order valence-corrected chi connectivity index (χ3v) is 5.91. The van der Waals surface area contributed by atoms with E-state index in [9.17, 15) is 19.2 Å². The Kier molecular flexibility index (Phi) is 4.21. The molecule has 1 heterocycles. The first-order chi connectivity index (χ1) is 12.9. The normalized spacial score (nSPS) is 28.0. The number of amides is 2. The number of ether oxygens (including phenoxy) is 1. The molecule has 1 saturated heterocycles. The van der Waals surface area contributed by atoms with E-state index in [0.717, 1.165) is 22.4 Å². The molecule has 27 heavy (non-hydrogen) atoms. The molecular formula is C21H21NO5. The minimum Gasteiger partial charge on any atom is -0.456 e. The lowest BCUT2D eigenvalue weighted by Crippen LogP contribution is -2.38. The van der Waals surface area contributed by atoms with Crippen molar-refractivity contribution in [3.63, 3.8) is 0 Å². The zero-order valence-electron chi connectivity index (χ0n) is 15.3. The first-order valence-electron chi connectivity index (χ1n) is 9.16. The van der Waals surface area contributed by atoms with E-state index in [1.54, 1.807) is 6.07 Å². The highest BCUT2D eigenvalue weighted by atomic mass is 16.5. The number of hydrogen-bond acceptors (Lipinski definition) is 5. The van der Waals surface area contributed by atoms with Crippen LogP contribution in [-0.4, -0.2) is 41.6 Å². The van der Waals surface area contributed by atoms with Crippen LogP contribution in [0.2, 0.25) is 0 Å². The van der Waals surface area contributed by atoms with E-state index < -0.39 is 19.1 Å². The number of allylic oxidation sites excluding steroid dienone is 2. The lowest BCUT2D eigenvalue weighted by molar-refractivity contribution is -0.152. The van der Waals surface area contributed by atoms with Gasteiger partial charge in [0.15, 0.2) is 6.61 Å². The molecule has 6 heteroatoms. The lowest BCUT2D eigenvalue weighted by atomic mass is 9.85. The Morgan fingerprint density at radius 3 is 2.33 bits per heavy atom. The highest BCUT2D eigenvalue weighted by Gasteiger charge is 2.59. The molecule has 6 nitrogen and oxygen atoms in total. The summed E-state index contributed by atoms with van der Waals surface area (Å²) in [5.41, 5.74) is 2.26. The molecule has 1 aliphatic heterocycles. The van der Waals surface area contributed by atoms with Gasteiger partial charge in [0, 0.05) is 5.56 Å². The number of aryl methyl sites for hydroxylation is 2. The van der Waals surface area contributed by atoms with Gasteiger partial charge >= 0.3 is 5.97 Å². The van der Waals surface area contributed by atoms with E-state index in [4.69, 9.17) is 4.74 Å². The number of hydrogen-bond donors (Lipinski definition) is 0. The molecule has 140 valence electrons. The van der Waals surface area contributed by atoms with E-state index in [0.29, 0.717) is 5.56 Å². The van der Waals surface area contributed by atoms with Crippen LogP contribution >= 0.6 is 0 Å². The fraction of sp³-hybridized carbons (Fsp3) is 0.429. The summed E-state index contributed by atoms with van der Waals surface area (Å²) in [6.45, 7) is 2.87. The van der Waals surface area contributed by atoms with Crippen LogP contribution in [-0.2, 0) is 19.1 Å². The molecule has 2 bridgehead atoms. The van der Waals surface area contributed by atoms with Crippen molar-refractivity contribution in [2.24, 2.45) is 23.7 Å². The lowest BCUT2D eigenvalue weighted by Gasteiger charge is -2.16. The van der Waals surface area contributed by atoms with Crippen molar-refractivity contribution in [1.29, 1.82) is 0 Å². The van der Waals surface area contributed by atoms with E-state index >= 15 is 0 Å². The second-order valence-corrected chi connectivity index (χ2v) is 7.66. The molecule has 2 aliphatic carbocycles. The summed E-state index contributed by atoms with van der Waals surface area (Å²) in [7, 11) is 0. The van der Waals surface area contributed by atoms with E-state index in [1.807, 2.05) is 38.1 Å². The van der Waals surface area contributed by atoms with Crippen LogP contribution < -0.4 is 0 Å². The fourth-order valence-corrected chi connectivity index (χ4v) is 4.55. The highest BCUT2D eigenvalue weighted by molar-refractivity contribution is 6.08. The minimum absolute atomic E-state index is 0.100. The topological polar surface area (TPSA) is 80.8 Å². The monoisotopic (exact) mass is 367 g/mol. The van der Waals surface area contributed by atoms with Crippen LogP contribution in [0.5, 0.6) is 0 Å². The average Bonchev–Trinajstić information content (AvgIpc) is 3.31. The number of Topliss-reactive ketones (excluding diaryl/α,β-unsaturated/α-hetero) is 1. The van der Waals surface area contributed by atoms with Crippen molar-refractivity contribution < 1.29 is 23.9 Å². The largest absolute Gasteiger partial charge is 0.456 e. The molecule has 1 aromatic carbocycles. The first kappa shape index (κ1) is 17.6. The van der Waals surface area contributed by atoms with Crippen molar-refractivity contribution in [2.75, 3.05) is 13.2 Å². The van der Waals surface area contributed by atoms with Gasteiger partial charge in [-0.3, -0.25) is 24.1 Å². The van der Waals surface area contributed by atoms with Crippen LogP contribution in [0.3, 0.4) is 0 Å². The molecule has 2 fully saturated rings. The molecule has 0 aromatic heterocycles.